The molecular weight excluding hydrogens is 234 g/mol. The van der Waals surface area contributed by atoms with Gasteiger partial charge in [-0.2, -0.15) is 5.26 Å². The summed E-state index contributed by atoms with van der Waals surface area (Å²) in [6.07, 6.45) is 1.45. The van der Waals surface area contributed by atoms with Crippen molar-refractivity contribution in [3.8, 4) is 6.07 Å². The molecule has 0 spiro atoms. The quantitative estimate of drug-likeness (QED) is 0.701. The number of rotatable bonds is 2. The maximum absolute atomic E-state index is 8.67. The largest absolute Gasteiger partial charge is 0.454 e. The van der Waals surface area contributed by atoms with Crippen LogP contribution in [0.15, 0.2) is 11.8 Å². The number of alkyl halides is 1. The van der Waals surface area contributed by atoms with Gasteiger partial charge in [0.1, 0.15) is 6.07 Å². The van der Waals surface area contributed by atoms with Crippen LogP contribution in [0.4, 0.5) is 0 Å². The zero-order valence-electron chi connectivity index (χ0n) is 7.66. The van der Waals surface area contributed by atoms with E-state index in [4.69, 9.17) is 14.7 Å². The van der Waals surface area contributed by atoms with Crippen LogP contribution in [-0.2, 0) is 9.47 Å². The molecule has 13 heavy (non-hydrogen) atoms. The Morgan fingerprint density at radius 3 is 3.00 bits per heavy atom. The van der Waals surface area contributed by atoms with Crippen molar-refractivity contribution in [1.82, 2.24) is 0 Å². The summed E-state index contributed by atoms with van der Waals surface area (Å²) < 4.78 is 10.6. The van der Waals surface area contributed by atoms with Crippen LogP contribution in [0.3, 0.4) is 0 Å². The first-order valence-corrected chi connectivity index (χ1v) is 5.14. The molecule has 72 valence electrons. The molecular formula is C9H12BrNO2. The minimum Gasteiger partial charge on any atom is -0.454 e. The molecule has 0 bridgehead atoms. The third-order valence-corrected chi connectivity index (χ3v) is 3.13. The predicted molar refractivity (Wildman–Crippen MR) is 52.1 cm³/mol. The van der Waals surface area contributed by atoms with E-state index in [0.717, 1.165) is 0 Å². The molecule has 1 rings (SSSR count). The summed E-state index contributed by atoms with van der Waals surface area (Å²) in [5.74, 6) is 0.599. The third kappa shape index (κ3) is 2.45. The minimum absolute atomic E-state index is 0.115. The second kappa shape index (κ2) is 4.64. The molecule has 0 aromatic rings. The maximum atomic E-state index is 8.67. The molecule has 0 fully saturated rings. The summed E-state index contributed by atoms with van der Waals surface area (Å²) in [4.78, 5) is 0.115. The van der Waals surface area contributed by atoms with Crippen LogP contribution in [0.5, 0.6) is 0 Å². The van der Waals surface area contributed by atoms with E-state index >= 15 is 0 Å². The van der Waals surface area contributed by atoms with Crippen LogP contribution in [0, 0.1) is 17.2 Å². The normalized spacial score (nSPS) is 33.1. The summed E-state index contributed by atoms with van der Waals surface area (Å²) in [7, 11) is 0. The van der Waals surface area contributed by atoms with Crippen LogP contribution < -0.4 is 0 Å². The van der Waals surface area contributed by atoms with Gasteiger partial charge in [-0.05, 0) is 18.9 Å². The van der Waals surface area contributed by atoms with E-state index in [1.807, 2.05) is 19.9 Å². The van der Waals surface area contributed by atoms with E-state index in [0.29, 0.717) is 12.4 Å². The lowest BCUT2D eigenvalue weighted by atomic mass is 10.0. The summed E-state index contributed by atoms with van der Waals surface area (Å²) in [6.45, 7) is 4.50. The highest BCUT2D eigenvalue weighted by atomic mass is 79.9. The van der Waals surface area contributed by atoms with Gasteiger partial charge >= 0.3 is 0 Å². The molecule has 3 unspecified atom stereocenters. The minimum atomic E-state index is -0.348. The van der Waals surface area contributed by atoms with Gasteiger partial charge in [-0.3, -0.25) is 0 Å². The Labute approximate surface area is 86.5 Å². The number of halogens is 1. The second-order valence-electron chi connectivity index (χ2n) is 2.89. The monoisotopic (exact) mass is 245 g/mol. The lowest BCUT2D eigenvalue weighted by molar-refractivity contribution is -0.118. The van der Waals surface area contributed by atoms with Gasteiger partial charge in [-0.1, -0.05) is 22.9 Å². The van der Waals surface area contributed by atoms with Crippen molar-refractivity contribution in [1.29, 1.82) is 5.26 Å². The molecule has 3 atom stereocenters. The fourth-order valence-corrected chi connectivity index (χ4v) is 1.57. The Hall–Kier alpha value is -0.530. The van der Waals surface area contributed by atoms with Crippen LogP contribution in [0.1, 0.15) is 13.8 Å². The number of allylic oxidation sites excluding steroid dienone is 2. The number of ether oxygens (including phenoxy) is 2. The molecule has 0 amide bonds. The molecule has 0 aliphatic carbocycles. The Kier molecular flexibility index (Phi) is 3.76. The highest BCUT2D eigenvalue weighted by Gasteiger charge is 2.30. The van der Waals surface area contributed by atoms with Gasteiger partial charge in [0.05, 0.1) is 4.83 Å². The SMILES string of the molecule is CCOC1OC(C#N)=CC(C)C1Br. The smallest absolute Gasteiger partial charge is 0.213 e. The van der Waals surface area contributed by atoms with Crippen LogP contribution >= 0.6 is 15.9 Å². The van der Waals surface area contributed by atoms with Crippen molar-refractivity contribution in [3.05, 3.63) is 11.8 Å². The van der Waals surface area contributed by atoms with Gasteiger partial charge in [0, 0.05) is 6.61 Å². The number of hydrogen-bond acceptors (Lipinski definition) is 3. The van der Waals surface area contributed by atoms with E-state index in [1.54, 1.807) is 6.08 Å². The molecule has 0 aromatic heterocycles. The molecule has 3 nitrogen and oxygen atoms in total. The van der Waals surface area contributed by atoms with Crippen LogP contribution in [0.2, 0.25) is 0 Å². The Balaban J connectivity index is 2.70. The first-order chi connectivity index (χ1) is 6.19. The van der Waals surface area contributed by atoms with E-state index < -0.39 is 0 Å². The van der Waals surface area contributed by atoms with Gasteiger partial charge < -0.3 is 9.47 Å². The van der Waals surface area contributed by atoms with E-state index in [1.165, 1.54) is 0 Å². The van der Waals surface area contributed by atoms with Crippen molar-refractivity contribution in [3.63, 3.8) is 0 Å². The lowest BCUT2D eigenvalue weighted by Crippen LogP contribution is -2.34. The van der Waals surface area contributed by atoms with Crippen molar-refractivity contribution >= 4 is 15.9 Å². The molecule has 0 N–H and O–H groups in total. The van der Waals surface area contributed by atoms with Crippen molar-refractivity contribution in [2.75, 3.05) is 6.61 Å². The van der Waals surface area contributed by atoms with Gasteiger partial charge in [0.15, 0.2) is 5.76 Å². The Bertz CT molecular complexity index is 246. The summed E-state index contributed by atoms with van der Waals surface area (Å²) in [6, 6.07) is 1.98. The van der Waals surface area contributed by atoms with Crippen LogP contribution in [0.25, 0.3) is 0 Å². The molecule has 0 radical (unpaired) electrons. The van der Waals surface area contributed by atoms with E-state index in [9.17, 15) is 0 Å². The van der Waals surface area contributed by atoms with Gasteiger partial charge in [0.2, 0.25) is 6.29 Å². The van der Waals surface area contributed by atoms with E-state index in [-0.39, 0.29) is 17.0 Å². The topological polar surface area (TPSA) is 42.2 Å². The molecule has 4 heteroatoms. The second-order valence-corrected chi connectivity index (χ2v) is 3.95. The zero-order chi connectivity index (χ0) is 9.84. The Morgan fingerprint density at radius 1 is 1.77 bits per heavy atom. The summed E-state index contributed by atoms with van der Waals surface area (Å²) in [5.41, 5.74) is 0. The lowest BCUT2D eigenvalue weighted by Gasteiger charge is -2.29. The highest BCUT2D eigenvalue weighted by Crippen LogP contribution is 2.28. The fourth-order valence-electron chi connectivity index (χ4n) is 1.16. The van der Waals surface area contributed by atoms with Crippen molar-refractivity contribution in [2.45, 2.75) is 25.0 Å². The van der Waals surface area contributed by atoms with Gasteiger partial charge in [-0.15, -0.1) is 0 Å². The van der Waals surface area contributed by atoms with Crippen molar-refractivity contribution in [2.24, 2.45) is 5.92 Å². The van der Waals surface area contributed by atoms with E-state index in [2.05, 4.69) is 15.9 Å². The van der Waals surface area contributed by atoms with Gasteiger partial charge in [0.25, 0.3) is 0 Å². The van der Waals surface area contributed by atoms with Crippen molar-refractivity contribution < 1.29 is 9.47 Å². The fraction of sp³-hybridized carbons (Fsp3) is 0.667. The van der Waals surface area contributed by atoms with Gasteiger partial charge in [-0.25, -0.2) is 0 Å². The average molecular weight is 246 g/mol. The molecule has 0 saturated carbocycles. The third-order valence-electron chi connectivity index (χ3n) is 1.86. The summed E-state index contributed by atoms with van der Waals surface area (Å²) >= 11 is 3.47. The Morgan fingerprint density at radius 2 is 2.46 bits per heavy atom. The zero-order valence-corrected chi connectivity index (χ0v) is 9.24. The first kappa shape index (κ1) is 10.6. The predicted octanol–water partition coefficient (Wildman–Crippen LogP) is 2.19. The first-order valence-electron chi connectivity index (χ1n) is 4.23. The molecule has 0 saturated heterocycles. The maximum Gasteiger partial charge on any atom is 0.213 e. The van der Waals surface area contributed by atoms with Crippen LogP contribution in [-0.4, -0.2) is 17.7 Å². The number of hydrogen-bond donors (Lipinski definition) is 0. The number of nitrogens with zero attached hydrogens (tertiary/aromatic N) is 1. The molecule has 0 aromatic carbocycles. The number of nitriles is 1. The highest BCUT2D eigenvalue weighted by molar-refractivity contribution is 9.09. The average Bonchev–Trinajstić information content (AvgIpc) is 2.13. The summed E-state index contributed by atoms with van der Waals surface area (Å²) in [5, 5.41) is 8.67. The molecule has 1 heterocycles. The standard InChI is InChI=1S/C9H12BrNO2/c1-3-12-9-8(10)6(2)4-7(5-11)13-9/h4,6,8-9H,3H2,1-2H3. The molecule has 1 aliphatic heterocycles. The molecule has 1 aliphatic rings.